The second-order valence-corrected chi connectivity index (χ2v) is 4.98. The van der Waals surface area contributed by atoms with Crippen LogP contribution in [0.4, 0.5) is 5.69 Å². The quantitative estimate of drug-likeness (QED) is 0.546. The van der Waals surface area contributed by atoms with Crippen LogP contribution in [-0.2, 0) is 0 Å². The fourth-order valence-electron chi connectivity index (χ4n) is 2.45. The molecule has 1 heterocycles. The fraction of sp³-hybridized carbons (Fsp3) is 0.0588. The van der Waals surface area contributed by atoms with E-state index in [-0.39, 0.29) is 5.69 Å². The van der Waals surface area contributed by atoms with Gasteiger partial charge in [0.05, 0.1) is 22.0 Å². The zero-order chi connectivity index (χ0) is 16.4. The van der Waals surface area contributed by atoms with Gasteiger partial charge in [0.2, 0.25) is 0 Å². The van der Waals surface area contributed by atoms with E-state index in [4.69, 9.17) is 0 Å². The summed E-state index contributed by atoms with van der Waals surface area (Å²) in [4.78, 5) is 10.6. The summed E-state index contributed by atoms with van der Waals surface area (Å²) in [6.45, 7) is 1.75. The van der Waals surface area contributed by atoms with Crippen molar-refractivity contribution >= 4 is 5.69 Å². The summed E-state index contributed by atoms with van der Waals surface area (Å²) in [7, 11) is 0. The summed E-state index contributed by atoms with van der Waals surface area (Å²) in [5.74, 6) is 0. The number of nitrogens with zero attached hydrogens (tertiary/aromatic N) is 4. The molecule has 6 nitrogen and oxygen atoms in total. The minimum Gasteiger partial charge on any atom is -0.258 e. The molecule has 3 rings (SSSR count). The third-order valence-corrected chi connectivity index (χ3v) is 3.50. The molecule has 0 aliphatic rings. The Morgan fingerprint density at radius 3 is 2.57 bits per heavy atom. The molecule has 112 valence electrons. The number of nitro groups is 1. The number of nitriles is 1. The second kappa shape index (κ2) is 5.73. The van der Waals surface area contributed by atoms with Crippen LogP contribution in [-0.4, -0.2) is 14.7 Å². The van der Waals surface area contributed by atoms with Crippen molar-refractivity contribution in [3.05, 3.63) is 76.0 Å². The molecular formula is C17H12N4O2. The van der Waals surface area contributed by atoms with Crippen molar-refractivity contribution in [2.45, 2.75) is 6.92 Å². The number of aryl methyl sites for hydroxylation is 1. The Morgan fingerprint density at radius 2 is 1.91 bits per heavy atom. The van der Waals surface area contributed by atoms with E-state index in [1.165, 1.54) is 12.1 Å². The molecule has 0 unspecified atom stereocenters. The molecule has 2 aromatic carbocycles. The van der Waals surface area contributed by atoms with Crippen molar-refractivity contribution in [1.29, 1.82) is 5.26 Å². The van der Waals surface area contributed by atoms with Crippen molar-refractivity contribution in [3.8, 4) is 23.0 Å². The highest BCUT2D eigenvalue weighted by molar-refractivity contribution is 5.72. The second-order valence-electron chi connectivity index (χ2n) is 4.98. The molecule has 0 saturated heterocycles. The molecule has 1 aromatic heterocycles. The van der Waals surface area contributed by atoms with Crippen LogP contribution in [0.1, 0.15) is 11.3 Å². The summed E-state index contributed by atoms with van der Waals surface area (Å²) in [5.41, 5.74) is 2.90. The van der Waals surface area contributed by atoms with Crippen molar-refractivity contribution < 1.29 is 4.92 Å². The number of hydrogen-bond acceptors (Lipinski definition) is 4. The molecule has 0 aliphatic carbocycles. The van der Waals surface area contributed by atoms with E-state index in [0.29, 0.717) is 22.5 Å². The highest BCUT2D eigenvalue weighted by atomic mass is 16.6. The lowest BCUT2D eigenvalue weighted by Crippen LogP contribution is -2.00. The summed E-state index contributed by atoms with van der Waals surface area (Å²) in [5, 5.41) is 24.9. The third-order valence-electron chi connectivity index (χ3n) is 3.50. The van der Waals surface area contributed by atoms with Crippen molar-refractivity contribution in [1.82, 2.24) is 9.78 Å². The Kier molecular flexibility index (Phi) is 3.61. The van der Waals surface area contributed by atoms with Crippen LogP contribution >= 0.6 is 0 Å². The Labute approximate surface area is 132 Å². The normalized spacial score (nSPS) is 10.3. The molecule has 6 heteroatoms. The van der Waals surface area contributed by atoms with E-state index in [0.717, 1.165) is 5.69 Å². The summed E-state index contributed by atoms with van der Waals surface area (Å²) in [6, 6.07) is 17.7. The fourth-order valence-corrected chi connectivity index (χ4v) is 2.45. The largest absolute Gasteiger partial charge is 0.270 e. The molecule has 0 atom stereocenters. The molecule has 0 aliphatic heterocycles. The highest BCUT2D eigenvalue weighted by Gasteiger charge is 2.19. The minimum absolute atomic E-state index is 0.0233. The molecular weight excluding hydrogens is 292 g/mol. The van der Waals surface area contributed by atoms with Gasteiger partial charge in [-0.1, -0.05) is 30.3 Å². The lowest BCUT2D eigenvalue weighted by Gasteiger charge is -2.08. The van der Waals surface area contributed by atoms with Crippen molar-refractivity contribution in [3.63, 3.8) is 0 Å². The zero-order valence-corrected chi connectivity index (χ0v) is 12.3. The standard InChI is InChI=1S/C17H12N4O2/c1-12-16(11-18)17(13-6-5-9-15(10-13)21(22)23)20(19-12)14-7-3-2-4-8-14/h2-10H,1H3. The minimum atomic E-state index is -0.453. The molecule has 0 fully saturated rings. The molecule has 0 amide bonds. The van der Waals surface area contributed by atoms with E-state index < -0.39 is 4.92 Å². The summed E-state index contributed by atoms with van der Waals surface area (Å²) < 4.78 is 1.65. The Hall–Kier alpha value is -3.46. The predicted octanol–water partition coefficient (Wildman–Crippen LogP) is 3.63. The first kappa shape index (κ1) is 14.5. The molecule has 23 heavy (non-hydrogen) atoms. The van der Waals surface area contributed by atoms with Gasteiger partial charge >= 0.3 is 0 Å². The van der Waals surface area contributed by atoms with Gasteiger partial charge < -0.3 is 0 Å². The van der Waals surface area contributed by atoms with Gasteiger partial charge in [-0.25, -0.2) is 4.68 Å². The van der Waals surface area contributed by atoms with E-state index >= 15 is 0 Å². The monoisotopic (exact) mass is 304 g/mol. The third kappa shape index (κ3) is 2.56. The number of nitro benzene ring substituents is 1. The Bertz CT molecular complexity index is 924. The first-order chi connectivity index (χ1) is 11.1. The van der Waals surface area contributed by atoms with Crippen LogP contribution < -0.4 is 0 Å². The molecule has 3 aromatic rings. The van der Waals surface area contributed by atoms with Crippen LogP contribution in [0.5, 0.6) is 0 Å². The summed E-state index contributed by atoms with van der Waals surface area (Å²) >= 11 is 0. The lowest BCUT2D eigenvalue weighted by molar-refractivity contribution is -0.384. The van der Waals surface area contributed by atoms with Gasteiger partial charge in [-0.3, -0.25) is 10.1 Å². The molecule has 0 N–H and O–H groups in total. The molecule has 0 bridgehead atoms. The first-order valence-corrected chi connectivity index (χ1v) is 6.92. The van der Waals surface area contributed by atoms with Crippen LogP contribution in [0, 0.1) is 28.4 Å². The average Bonchev–Trinajstić information content (AvgIpc) is 2.92. The van der Waals surface area contributed by atoms with E-state index in [9.17, 15) is 15.4 Å². The molecule has 0 spiro atoms. The van der Waals surface area contributed by atoms with Crippen LogP contribution in [0.25, 0.3) is 16.9 Å². The Morgan fingerprint density at radius 1 is 1.17 bits per heavy atom. The number of rotatable bonds is 3. The maximum absolute atomic E-state index is 11.0. The molecule has 0 saturated carbocycles. The number of para-hydroxylation sites is 1. The van der Waals surface area contributed by atoms with E-state index in [2.05, 4.69) is 11.2 Å². The van der Waals surface area contributed by atoms with Crippen molar-refractivity contribution in [2.75, 3.05) is 0 Å². The maximum atomic E-state index is 11.0. The Balaban J connectivity index is 2.28. The van der Waals surface area contributed by atoms with E-state index in [1.807, 2.05) is 30.3 Å². The van der Waals surface area contributed by atoms with Gasteiger partial charge in [-0.2, -0.15) is 10.4 Å². The van der Waals surface area contributed by atoms with Crippen LogP contribution in [0.3, 0.4) is 0 Å². The van der Waals surface area contributed by atoms with Crippen LogP contribution in [0.2, 0.25) is 0 Å². The van der Waals surface area contributed by atoms with Gasteiger partial charge in [0.1, 0.15) is 11.6 Å². The number of aromatic nitrogens is 2. The first-order valence-electron chi connectivity index (χ1n) is 6.92. The van der Waals surface area contributed by atoms with Gasteiger partial charge in [-0.15, -0.1) is 0 Å². The lowest BCUT2D eigenvalue weighted by atomic mass is 10.1. The highest BCUT2D eigenvalue weighted by Crippen LogP contribution is 2.30. The van der Waals surface area contributed by atoms with Crippen molar-refractivity contribution in [2.24, 2.45) is 0 Å². The van der Waals surface area contributed by atoms with Gasteiger partial charge in [0.15, 0.2) is 0 Å². The zero-order valence-electron chi connectivity index (χ0n) is 12.3. The average molecular weight is 304 g/mol. The van der Waals surface area contributed by atoms with Gasteiger partial charge in [0.25, 0.3) is 5.69 Å². The number of hydrogen-bond donors (Lipinski definition) is 0. The van der Waals surface area contributed by atoms with Gasteiger partial charge in [-0.05, 0) is 19.1 Å². The predicted molar refractivity (Wildman–Crippen MR) is 85.1 cm³/mol. The SMILES string of the molecule is Cc1nn(-c2ccccc2)c(-c2cccc([N+](=O)[O-])c2)c1C#N. The number of benzene rings is 2. The number of non-ortho nitro benzene ring substituents is 1. The maximum Gasteiger partial charge on any atom is 0.270 e. The topological polar surface area (TPSA) is 84.8 Å². The molecule has 0 radical (unpaired) electrons. The van der Waals surface area contributed by atoms with Crippen LogP contribution in [0.15, 0.2) is 54.6 Å². The smallest absolute Gasteiger partial charge is 0.258 e. The van der Waals surface area contributed by atoms with E-state index in [1.54, 1.807) is 23.7 Å². The summed E-state index contributed by atoms with van der Waals surface area (Å²) in [6.07, 6.45) is 0. The van der Waals surface area contributed by atoms with Gasteiger partial charge in [0, 0.05) is 17.7 Å².